The van der Waals surface area contributed by atoms with E-state index in [1.165, 1.54) is 81.9 Å². The molecule has 0 aromatic carbocycles. The van der Waals surface area contributed by atoms with Gasteiger partial charge in [-0.3, -0.25) is 0 Å². The molecule has 1 fully saturated rings. The van der Waals surface area contributed by atoms with Crippen LogP contribution in [0.15, 0.2) is 0 Å². The lowest BCUT2D eigenvalue weighted by molar-refractivity contribution is -0.914. The van der Waals surface area contributed by atoms with Gasteiger partial charge < -0.3 is 21.5 Å². The van der Waals surface area contributed by atoms with Gasteiger partial charge in [0.2, 0.25) is 0 Å². The van der Waals surface area contributed by atoms with Crippen molar-refractivity contribution < 1.29 is 21.5 Å². The zero-order valence-electron chi connectivity index (χ0n) is 11.3. The Morgan fingerprint density at radius 3 is 2.00 bits per heavy atom. The maximum atomic E-state index is 2.46. The van der Waals surface area contributed by atoms with E-state index < -0.39 is 0 Å². The molecular weight excluding hydrogens is 262 g/mol. The van der Waals surface area contributed by atoms with Gasteiger partial charge in [0.15, 0.2) is 0 Å². The Morgan fingerprint density at radius 2 is 1.38 bits per heavy atom. The van der Waals surface area contributed by atoms with Gasteiger partial charge in [-0.2, -0.15) is 0 Å². The SMILES string of the molecule is CCCCCCCC[N+]1(C)CCCCC1.[Br-]. The lowest BCUT2D eigenvalue weighted by atomic mass is 10.1. The number of quaternary nitrogens is 1. The number of likely N-dealkylation sites (tertiary alicyclic amines) is 1. The van der Waals surface area contributed by atoms with Crippen molar-refractivity contribution >= 4 is 0 Å². The summed E-state index contributed by atoms with van der Waals surface area (Å²) < 4.78 is 1.37. The van der Waals surface area contributed by atoms with Gasteiger partial charge in [-0.1, -0.05) is 32.6 Å². The number of hydrogen-bond acceptors (Lipinski definition) is 0. The van der Waals surface area contributed by atoms with Gasteiger partial charge in [0.25, 0.3) is 0 Å². The van der Waals surface area contributed by atoms with Gasteiger partial charge in [0.1, 0.15) is 0 Å². The summed E-state index contributed by atoms with van der Waals surface area (Å²) in [6, 6.07) is 0. The lowest BCUT2D eigenvalue weighted by Crippen LogP contribution is -3.00. The van der Waals surface area contributed by atoms with Crippen molar-refractivity contribution in [2.45, 2.75) is 64.7 Å². The molecule has 0 radical (unpaired) electrons. The van der Waals surface area contributed by atoms with E-state index in [4.69, 9.17) is 0 Å². The van der Waals surface area contributed by atoms with Crippen LogP contribution in [-0.2, 0) is 0 Å². The van der Waals surface area contributed by atoms with Crippen LogP contribution in [0.4, 0.5) is 0 Å². The smallest absolute Gasteiger partial charge is 0.0784 e. The van der Waals surface area contributed by atoms with E-state index in [1.54, 1.807) is 0 Å². The summed E-state index contributed by atoms with van der Waals surface area (Å²) in [6.45, 7) is 6.61. The van der Waals surface area contributed by atoms with E-state index in [-0.39, 0.29) is 17.0 Å². The quantitative estimate of drug-likeness (QED) is 0.485. The zero-order chi connectivity index (χ0) is 11.0. The van der Waals surface area contributed by atoms with Crippen molar-refractivity contribution in [1.29, 1.82) is 0 Å². The molecule has 0 unspecified atom stereocenters. The first-order chi connectivity index (χ1) is 7.27. The Bertz CT molecular complexity index is 153. The van der Waals surface area contributed by atoms with E-state index in [1.807, 2.05) is 0 Å². The molecule has 1 heterocycles. The van der Waals surface area contributed by atoms with Gasteiger partial charge in [0.05, 0.1) is 26.7 Å². The van der Waals surface area contributed by atoms with Gasteiger partial charge in [-0.05, 0) is 32.1 Å². The molecule has 0 aliphatic carbocycles. The predicted molar refractivity (Wildman–Crippen MR) is 68.0 cm³/mol. The monoisotopic (exact) mass is 291 g/mol. The minimum Gasteiger partial charge on any atom is -1.00 e. The molecular formula is C14H30BrN. The summed E-state index contributed by atoms with van der Waals surface area (Å²) in [5.74, 6) is 0. The van der Waals surface area contributed by atoms with E-state index >= 15 is 0 Å². The highest BCUT2D eigenvalue weighted by Gasteiger charge is 2.23. The molecule has 0 atom stereocenters. The topological polar surface area (TPSA) is 0 Å². The van der Waals surface area contributed by atoms with Crippen LogP contribution < -0.4 is 17.0 Å². The first-order valence-electron chi connectivity index (χ1n) is 7.10. The van der Waals surface area contributed by atoms with Crippen LogP contribution in [0.2, 0.25) is 0 Å². The number of piperidine rings is 1. The Kier molecular flexibility index (Phi) is 9.73. The van der Waals surface area contributed by atoms with Crippen LogP contribution in [0, 0.1) is 0 Å². The molecule has 98 valence electrons. The second-order valence-corrected chi connectivity index (χ2v) is 5.62. The first kappa shape index (κ1) is 16.4. The van der Waals surface area contributed by atoms with Crippen molar-refractivity contribution in [3.05, 3.63) is 0 Å². The summed E-state index contributed by atoms with van der Waals surface area (Å²) in [4.78, 5) is 0. The molecule has 1 saturated heterocycles. The van der Waals surface area contributed by atoms with Crippen LogP contribution in [0.25, 0.3) is 0 Å². The van der Waals surface area contributed by atoms with Crippen molar-refractivity contribution in [1.82, 2.24) is 0 Å². The zero-order valence-corrected chi connectivity index (χ0v) is 12.9. The summed E-state index contributed by atoms with van der Waals surface area (Å²) in [5.41, 5.74) is 0. The molecule has 2 heteroatoms. The van der Waals surface area contributed by atoms with Crippen molar-refractivity contribution in [3.8, 4) is 0 Å². The van der Waals surface area contributed by atoms with Gasteiger partial charge in [-0.15, -0.1) is 0 Å². The number of hydrogen-bond donors (Lipinski definition) is 0. The first-order valence-corrected chi connectivity index (χ1v) is 7.10. The Morgan fingerprint density at radius 1 is 0.812 bits per heavy atom. The summed E-state index contributed by atoms with van der Waals surface area (Å²) >= 11 is 0. The molecule has 0 saturated carbocycles. The molecule has 0 aromatic rings. The average molecular weight is 292 g/mol. The largest absolute Gasteiger partial charge is 1.00 e. The highest BCUT2D eigenvalue weighted by Crippen LogP contribution is 2.17. The third-order valence-electron chi connectivity index (χ3n) is 3.95. The Labute approximate surface area is 113 Å². The van der Waals surface area contributed by atoms with Crippen molar-refractivity contribution in [2.75, 3.05) is 26.7 Å². The Balaban J connectivity index is 0.00000225. The minimum atomic E-state index is 0. The molecule has 0 spiro atoms. The van der Waals surface area contributed by atoms with Crippen LogP contribution in [0.1, 0.15) is 64.7 Å². The molecule has 1 aliphatic heterocycles. The molecule has 0 bridgehead atoms. The molecule has 0 amide bonds. The number of nitrogens with zero attached hydrogens (tertiary/aromatic N) is 1. The van der Waals surface area contributed by atoms with Crippen molar-refractivity contribution in [3.63, 3.8) is 0 Å². The highest BCUT2D eigenvalue weighted by molar-refractivity contribution is 4.52. The van der Waals surface area contributed by atoms with E-state index in [0.29, 0.717) is 0 Å². The third-order valence-corrected chi connectivity index (χ3v) is 3.95. The van der Waals surface area contributed by atoms with E-state index in [9.17, 15) is 0 Å². The standard InChI is InChI=1S/C14H30N.BrH/c1-3-4-5-6-7-9-12-15(2)13-10-8-11-14-15;/h3-14H2,1-2H3;1H/q+1;/p-1. The van der Waals surface area contributed by atoms with Gasteiger partial charge >= 0.3 is 0 Å². The normalized spacial score (nSPS) is 19.1. The number of unbranched alkanes of at least 4 members (excludes halogenated alkanes) is 5. The van der Waals surface area contributed by atoms with E-state index in [0.717, 1.165) is 0 Å². The van der Waals surface area contributed by atoms with Crippen LogP contribution in [0.3, 0.4) is 0 Å². The second-order valence-electron chi connectivity index (χ2n) is 5.62. The second kappa shape index (κ2) is 9.47. The minimum absolute atomic E-state index is 0. The number of halogens is 1. The third kappa shape index (κ3) is 6.90. The fourth-order valence-corrected chi connectivity index (χ4v) is 2.77. The average Bonchev–Trinajstić information content (AvgIpc) is 2.24. The van der Waals surface area contributed by atoms with E-state index in [2.05, 4.69) is 14.0 Å². The molecule has 1 rings (SSSR count). The molecule has 0 N–H and O–H groups in total. The molecule has 1 nitrogen and oxygen atoms in total. The van der Waals surface area contributed by atoms with Gasteiger partial charge in [0, 0.05) is 0 Å². The summed E-state index contributed by atoms with van der Waals surface area (Å²) in [6.07, 6.45) is 13.1. The Hall–Kier alpha value is 0.440. The van der Waals surface area contributed by atoms with Crippen LogP contribution in [0.5, 0.6) is 0 Å². The van der Waals surface area contributed by atoms with Crippen LogP contribution in [-0.4, -0.2) is 31.2 Å². The fourth-order valence-electron chi connectivity index (χ4n) is 2.77. The fraction of sp³-hybridized carbons (Fsp3) is 1.00. The lowest BCUT2D eigenvalue weighted by Gasteiger charge is -2.37. The molecule has 1 aliphatic rings. The maximum Gasteiger partial charge on any atom is 0.0784 e. The maximum absolute atomic E-state index is 2.46. The highest BCUT2D eigenvalue weighted by atomic mass is 79.9. The van der Waals surface area contributed by atoms with Crippen LogP contribution >= 0.6 is 0 Å². The number of rotatable bonds is 7. The summed E-state index contributed by atoms with van der Waals surface area (Å²) in [7, 11) is 2.46. The van der Waals surface area contributed by atoms with Gasteiger partial charge in [-0.25, -0.2) is 0 Å². The predicted octanol–water partition coefficient (Wildman–Crippen LogP) is 0.981. The summed E-state index contributed by atoms with van der Waals surface area (Å²) in [5, 5.41) is 0. The molecule has 16 heavy (non-hydrogen) atoms. The molecule has 0 aromatic heterocycles. The van der Waals surface area contributed by atoms with Crippen molar-refractivity contribution in [2.24, 2.45) is 0 Å².